The maximum atomic E-state index is 13.0. The first-order valence-corrected chi connectivity index (χ1v) is 31.4. The number of phosphoric acid groups is 1. The molecule has 0 aromatic carbocycles. The Bertz CT molecular complexity index is 1220. The van der Waals surface area contributed by atoms with E-state index in [0.717, 1.165) is 38.5 Å². The first-order valence-electron chi connectivity index (χ1n) is 29.9. The molecular weight excluding hydrogens is 876 g/mol. The molecule has 9 heteroatoms. The Morgan fingerprint density at radius 3 is 1.16 bits per heavy atom. The van der Waals surface area contributed by atoms with E-state index in [0.29, 0.717) is 17.4 Å². The highest BCUT2D eigenvalue weighted by Gasteiger charge is 2.27. The van der Waals surface area contributed by atoms with Gasteiger partial charge in [0.2, 0.25) is 5.91 Å². The molecular formula is C60H118N2O6P+. The van der Waals surface area contributed by atoms with Crippen LogP contribution in [0.15, 0.2) is 36.5 Å². The summed E-state index contributed by atoms with van der Waals surface area (Å²) in [5, 5.41) is 13.9. The number of unbranched alkanes of at least 4 members (excludes halogenated alkanes) is 38. The zero-order chi connectivity index (χ0) is 50.6. The number of rotatable bonds is 55. The monoisotopic (exact) mass is 994 g/mol. The maximum Gasteiger partial charge on any atom is 0.472 e. The van der Waals surface area contributed by atoms with Gasteiger partial charge in [-0.05, 0) is 57.8 Å². The normalized spacial score (nSPS) is 14.1. The van der Waals surface area contributed by atoms with Crippen LogP contribution >= 0.6 is 7.82 Å². The molecule has 408 valence electrons. The summed E-state index contributed by atoms with van der Waals surface area (Å²) < 4.78 is 23.7. The number of carbonyl (C=O) groups excluding carboxylic acids is 1. The molecule has 0 heterocycles. The van der Waals surface area contributed by atoms with Crippen LogP contribution < -0.4 is 5.32 Å². The Hall–Kier alpha value is -1.28. The molecule has 69 heavy (non-hydrogen) atoms. The molecule has 0 saturated heterocycles. The van der Waals surface area contributed by atoms with E-state index in [1.807, 2.05) is 27.2 Å². The Kier molecular flexibility index (Phi) is 50.7. The molecule has 0 aliphatic rings. The van der Waals surface area contributed by atoms with Gasteiger partial charge in [0.15, 0.2) is 0 Å². The smallest absolute Gasteiger partial charge is 0.387 e. The van der Waals surface area contributed by atoms with Gasteiger partial charge in [-0.1, -0.05) is 262 Å². The molecule has 3 N–H and O–H groups in total. The number of quaternary nitrogens is 1. The molecule has 0 aromatic heterocycles. The van der Waals surface area contributed by atoms with Crippen molar-refractivity contribution in [1.29, 1.82) is 0 Å². The Morgan fingerprint density at radius 1 is 0.478 bits per heavy atom. The first kappa shape index (κ1) is 67.7. The van der Waals surface area contributed by atoms with E-state index in [1.165, 1.54) is 231 Å². The molecule has 1 amide bonds. The van der Waals surface area contributed by atoms with Crippen molar-refractivity contribution < 1.29 is 32.9 Å². The highest BCUT2D eigenvalue weighted by atomic mass is 31.2. The maximum absolute atomic E-state index is 13.0. The first-order chi connectivity index (χ1) is 33.5. The molecule has 0 aliphatic heterocycles. The van der Waals surface area contributed by atoms with Gasteiger partial charge >= 0.3 is 7.82 Å². The van der Waals surface area contributed by atoms with Crippen LogP contribution in [0.2, 0.25) is 0 Å². The summed E-state index contributed by atoms with van der Waals surface area (Å²) in [5.74, 6) is -0.182. The number of carbonyl (C=O) groups is 1. The number of phosphoric ester groups is 1. The fraction of sp³-hybridized carbons (Fsp3) is 0.883. The third-order valence-electron chi connectivity index (χ3n) is 13.6. The molecule has 0 saturated carbocycles. The van der Waals surface area contributed by atoms with Crippen molar-refractivity contribution in [3.05, 3.63) is 36.5 Å². The van der Waals surface area contributed by atoms with Gasteiger partial charge in [0.1, 0.15) is 13.2 Å². The number of aliphatic hydroxyl groups is 1. The van der Waals surface area contributed by atoms with Gasteiger partial charge in [-0.25, -0.2) is 4.57 Å². The van der Waals surface area contributed by atoms with E-state index in [9.17, 15) is 19.4 Å². The number of nitrogens with one attached hydrogen (secondary N) is 1. The Morgan fingerprint density at radius 2 is 0.797 bits per heavy atom. The van der Waals surface area contributed by atoms with Crippen LogP contribution in [0, 0.1) is 0 Å². The summed E-state index contributed by atoms with van der Waals surface area (Å²) in [4.78, 5) is 23.3. The second kappa shape index (κ2) is 51.6. The van der Waals surface area contributed by atoms with Crippen LogP contribution in [0.1, 0.15) is 290 Å². The number of hydrogen-bond acceptors (Lipinski definition) is 5. The van der Waals surface area contributed by atoms with E-state index in [1.54, 1.807) is 6.08 Å². The summed E-state index contributed by atoms with van der Waals surface area (Å²) >= 11 is 0. The van der Waals surface area contributed by atoms with Gasteiger partial charge < -0.3 is 19.8 Å². The molecule has 0 radical (unpaired) electrons. The van der Waals surface area contributed by atoms with Crippen LogP contribution in [-0.4, -0.2) is 73.4 Å². The van der Waals surface area contributed by atoms with Crippen LogP contribution in [0.3, 0.4) is 0 Å². The average Bonchev–Trinajstić information content (AvgIpc) is 3.31. The van der Waals surface area contributed by atoms with Crippen molar-refractivity contribution in [1.82, 2.24) is 5.32 Å². The van der Waals surface area contributed by atoms with Crippen molar-refractivity contribution in [2.75, 3.05) is 40.9 Å². The molecule has 0 rings (SSSR count). The molecule has 3 unspecified atom stereocenters. The van der Waals surface area contributed by atoms with E-state index >= 15 is 0 Å². The molecule has 0 bridgehead atoms. The van der Waals surface area contributed by atoms with Crippen molar-refractivity contribution in [2.45, 2.75) is 302 Å². The van der Waals surface area contributed by atoms with E-state index in [-0.39, 0.29) is 19.1 Å². The third kappa shape index (κ3) is 54.3. The lowest BCUT2D eigenvalue weighted by Crippen LogP contribution is -2.45. The van der Waals surface area contributed by atoms with Gasteiger partial charge in [-0.2, -0.15) is 0 Å². The highest BCUT2D eigenvalue weighted by molar-refractivity contribution is 7.47. The van der Waals surface area contributed by atoms with E-state index < -0.39 is 20.0 Å². The summed E-state index contributed by atoms with van der Waals surface area (Å²) in [7, 11) is 1.56. The molecule has 0 fully saturated rings. The Balaban J connectivity index is 4.08. The van der Waals surface area contributed by atoms with Gasteiger partial charge in [-0.3, -0.25) is 13.8 Å². The zero-order valence-electron chi connectivity index (χ0n) is 46.6. The van der Waals surface area contributed by atoms with Gasteiger partial charge in [-0.15, -0.1) is 0 Å². The van der Waals surface area contributed by atoms with Crippen LogP contribution in [-0.2, 0) is 18.4 Å². The third-order valence-corrected chi connectivity index (χ3v) is 14.6. The predicted octanol–water partition coefficient (Wildman–Crippen LogP) is 18.2. The van der Waals surface area contributed by atoms with Crippen molar-refractivity contribution in [3.8, 4) is 0 Å². The second-order valence-electron chi connectivity index (χ2n) is 21.7. The van der Waals surface area contributed by atoms with Crippen molar-refractivity contribution in [3.63, 3.8) is 0 Å². The van der Waals surface area contributed by atoms with E-state index in [4.69, 9.17) is 9.05 Å². The number of aliphatic hydroxyl groups excluding tert-OH is 1. The fourth-order valence-corrected chi connectivity index (χ4v) is 9.61. The summed E-state index contributed by atoms with van der Waals surface area (Å²) in [6.07, 6.45) is 66.9. The summed E-state index contributed by atoms with van der Waals surface area (Å²) in [6.45, 7) is 4.82. The van der Waals surface area contributed by atoms with Crippen LogP contribution in [0.5, 0.6) is 0 Å². The van der Waals surface area contributed by atoms with Gasteiger partial charge in [0.25, 0.3) is 0 Å². The van der Waals surface area contributed by atoms with Crippen molar-refractivity contribution in [2.24, 2.45) is 0 Å². The number of nitrogens with zero attached hydrogens (tertiary/aromatic N) is 1. The largest absolute Gasteiger partial charge is 0.472 e. The average molecular weight is 995 g/mol. The molecule has 3 atom stereocenters. The molecule has 0 aliphatic carbocycles. The SMILES string of the molecule is CCCCCCCCCC/C=C\CCCCCCCCCCCCCCCCCCCCCC(=O)NC(COP(=O)(O)OCC[N+](C)(C)C)C(O)/C=C/CC/C=C/CCCCCCCCCCCC. The number of likely N-dealkylation sites (N-methyl/N-ethyl adjacent to an activating group) is 1. The lowest BCUT2D eigenvalue weighted by atomic mass is 10.0. The topological polar surface area (TPSA) is 105 Å². The van der Waals surface area contributed by atoms with Crippen molar-refractivity contribution >= 4 is 13.7 Å². The van der Waals surface area contributed by atoms with Crippen LogP contribution in [0.4, 0.5) is 0 Å². The lowest BCUT2D eigenvalue weighted by Gasteiger charge is -2.25. The second-order valence-corrected chi connectivity index (χ2v) is 23.2. The summed E-state index contributed by atoms with van der Waals surface area (Å²) in [6, 6.07) is -0.861. The molecule has 0 aromatic rings. The minimum absolute atomic E-state index is 0.0576. The van der Waals surface area contributed by atoms with E-state index in [2.05, 4.69) is 43.5 Å². The quantitative estimate of drug-likeness (QED) is 0.0243. The fourth-order valence-electron chi connectivity index (χ4n) is 8.88. The van der Waals surface area contributed by atoms with Gasteiger partial charge in [0, 0.05) is 6.42 Å². The van der Waals surface area contributed by atoms with Crippen LogP contribution in [0.25, 0.3) is 0 Å². The highest BCUT2D eigenvalue weighted by Crippen LogP contribution is 2.43. The predicted molar refractivity (Wildman–Crippen MR) is 300 cm³/mol. The zero-order valence-corrected chi connectivity index (χ0v) is 47.5. The summed E-state index contributed by atoms with van der Waals surface area (Å²) in [5.41, 5.74) is 0. The number of allylic oxidation sites excluding steroid dienone is 5. The lowest BCUT2D eigenvalue weighted by molar-refractivity contribution is -0.870. The van der Waals surface area contributed by atoms with Gasteiger partial charge in [0.05, 0.1) is 39.9 Å². The molecule has 8 nitrogen and oxygen atoms in total. The number of amides is 1. The number of hydrogen-bond donors (Lipinski definition) is 3. The molecule has 0 spiro atoms. The standard InChI is InChI=1S/C60H117N2O6P/c1-6-8-10-12-14-16-18-20-22-24-25-26-27-28-29-30-31-32-33-34-35-36-37-38-40-42-44-46-48-50-52-54-60(64)61-58(57-68-69(65,66)67-56-55-62(3,4)5)59(63)53-51-49-47-45-43-41-39-23-21-19-17-15-13-11-9-7-2/h24-25,43,45,51,53,58-59,63H,6-23,26-42,44,46-50,52,54-57H2,1-5H3,(H-,61,64,65,66)/p+1/b25-24-,45-43+,53-51+. The Labute approximate surface area is 429 Å². The minimum Gasteiger partial charge on any atom is -0.387 e. The minimum atomic E-state index is -4.35.